The molecule has 190 valence electrons. The Morgan fingerprint density at radius 2 is 1.64 bits per heavy atom. The van der Waals surface area contributed by atoms with Gasteiger partial charge in [-0.25, -0.2) is 4.79 Å². The number of hydrogen-bond donors (Lipinski definition) is 2. The number of aliphatic carboxylic acids is 1. The molecule has 0 saturated heterocycles. The molecule has 0 radical (unpaired) electrons. The predicted octanol–water partition coefficient (Wildman–Crippen LogP) is 6.19. The minimum absolute atomic E-state index is 0.0165. The average Bonchev–Trinajstić information content (AvgIpc) is 2.78. The van der Waals surface area contributed by atoms with E-state index in [1.54, 1.807) is 30.3 Å². The first kappa shape index (κ1) is 25.3. The van der Waals surface area contributed by atoms with E-state index < -0.39 is 53.1 Å². The van der Waals surface area contributed by atoms with E-state index in [-0.39, 0.29) is 30.2 Å². The summed E-state index contributed by atoms with van der Waals surface area (Å²) in [4.78, 5) is 24.7. The number of carbonyl (C=O) groups excluding carboxylic acids is 1. The molecule has 3 aromatic rings. The van der Waals surface area contributed by atoms with Crippen molar-refractivity contribution in [3.05, 3.63) is 76.9 Å². The van der Waals surface area contributed by atoms with Crippen LogP contribution in [0.2, 0.25) is 0 Å². The molecule has 2 N–H and O–H groups in total. The van der Waals surface area contributed by atoms with E-state index >= 15 is 0 Å². The Balaban J connectivity index is 1.72. The van der Waals surface area contributed by atoms with Gasteiger partial charge >= 0.3 is 18.3 Å². The van der Waals surface area contributed by atoms with Gasteiger partial charge in [0.15, 0.2) is 0 Å². The fourth-order valence-corrected chi connectivity index (χ4v) is 4.08. The van der Waals surface area contributed by atoms with Crippen LogP contribution in [-0.2, 0) is 23.8 Å². The van der Waals surface area contributed by atoms with Gasteiger partial charge < -0.3 is 15.2 Å². The molecule has 0 bridgehead atoms. The Kier molecular flexibility index (Phi) is 6.36. The van der Waals surface area contributed by atoms with Crippen molar-refractivity contribution >= 4 is 22.6 Å². The van der Waals surface area contributed by atoms with Crippen molar-refractivity contribution in [2.75, 3.05) is 0 Å². The molecule has 4 rings (SSSR count). The molecule has 0 spiro atoms. The van der Waals surface area contributed by atoms with Crippen LogP contribution in [0.1, 0.15) is 46.3 Å². The van der Waals surface area contributed by atoms with Crippen molar-refractivity contribution in [2.24, 2.45) is 0 Å². The van der Waals surface area contributed by atoms with Gasteiger partial charge in [0.25, 0.3) is 5.91 Å². The van der Waals surface area contributed by atoms with Crippen LogP contribution in [-0.4, -0.2) is 22.5 Å². The zero-order valence-electron chi connectivity index (χ0n) is 18.5. The molecular formula is C25H19F6NO4. The summed E-state index contributed by atoms with van der Waals surface area (Å²) >= 11 is 0. The number of hydrogen-bond acceptors (Lipinski definition) is 3. The number of amides is 1. The first-order chi connectivity index (χ1) is 16.8. The highest BCUT2D eigenvalue weighted by molar-refractivity contribution is 6.05. The normalized spacial score (nSPS) is 15.3. The summed E-state index contributed by atoms with van der Waals surface area (Å²) in [6.07, 6.45) is -9.02. The van der Waals surface area contributed by atoms with Gasteiger partial charge in [-0.2, -0.15) is 26.3 Å². The van der Waals surface area contributed by atoms with Crippen molar-refractivity contribution in [3.63, 3.8) is 0 Å². The second kappa shape index (κ2) is 9.03. The smallest absolute Gasteiger partial charge is 0.416 e. The number of alkyl halides is 6. The van der Waals surface area contributed by atoms with Gasteiger partial charge in [0.1, 0.15) is 17.9 Å². The number of rotatable bonds is 6. The number of halogens is 6. The quantitative estimate of drug-likeness (QED) is 0.387. The molecule has 1 amide bonds. The molecule has 0 unspecified atom stereocenters. The summed E-state index contributed by atoms with van der Waals surface area (Å²) in [7, 11) is 0. The lowest BCUT2D eigenvalue weighted by Gasteiger charge is -2.38. The van der Waals surface area contributed by atoms with Crippen molar-refractivity contribution < 1.29 is 45.8 Å². The summed E-state index contributed by atoms with van der Waals surface area (Å²) in [5, 5.41) is 13.0. The van der Waals surface area contributed by atoms with Crippen LogP contribution in [0, 0.1) is 0 Å². The van der Waals surface area contributed by atoms with Gasteiger partial charge in [-0.3, -0.25) is 4.79 Å². The summed E-state index contributed by atoms with van der Waals surface area (Å²) in [6.45, 7) is -0.786. The summed E-state index contributed by atoms with van der Waals surface area (Å²) in [5.74, 6) is -2.11. The van der Waals surface area contributed by atoms with Crippen molar-refractivity contribution in [2.45, 2.75) is 43.8 Å². The number of carboxylic acid groups (broad SMARTS) is 1. The fourth-order valence-electron chi connectivity index (χ4n) is 4.08. The Morgan fingerprint density at radius 1 is 0.944 bits per heavy atom. The van der Waals surface area contributed by atoms with E-state index in [1.807, 2.05) is 0 Å². The first-order valence-electron chi connectivity index (χ1n) is 10.8. The molecule has 0 heterocycles. The second-order valence-corrected chi connectivity index (χ2v) is 8.51. The molecule has 0 atom stereocenters. The van der Waals surface area contributed by atoms with E-state index in [4.69, 9.17) is 4.74 Å². The van der Waals surface area contributed by atoms with E-state index in [0.717, 1.165) is 0 Å². The molecule has 1 fully saturated rings. The maximum Gasteiger partial charge on any atom is 0.416 e. The predicted molar refractivity (Wildman–Crippen MR) is 116 cm³/mol. The molecule has 11 heteroatoms. The molecule has 0 aromatic heterocycles. The number of fused-ring (bicyclic) bond motifs is 1. The number of benzene rings is 3. The lowest BCUT2D eigenvalue weighted by atomic mass is 9.76. The number of ether oxygens (including phenoxy) is 1. The van der Waals surface area contributed by atoms with Gasteiger partial charge in [0, 0.05) is 10.9 Å². The van der Waals surface area contributed by atoms with Gasteiger partial charge in [0.2, 0.25) is 0 Å². The highest BCUT2D eigenvalue weighted by Gasteiger charge is 2.46. The highest BCUT2D eigenvalue weighted by atomic mass is 19.4. The third kappa shape index (κ3) is 4.82. The summed E-state index contributed by atoms with van der Waals surface area (Å²) in [5.41, 5.74) is -5.08. The van der Waals surface area contributed by atoms with Crippen LogP contribution in [0.3, 0.4) is 0 Å². The van der Waals surface area contributed by atoms with E-state index in [0.29, 0.717) is 29.3 Å². The number of carbonyl (C=O) groups is 2. The van der Waals surface area contributed by atoms with Crippen molar-refractivity contribution in [1.82, 2.24) is 5.32 Å². The minimum atomic E-state index is -5.09. The van der Waals surface area contributed by atoms with Crippen LogP contribution in [0.5, 0.6) is 5.75 Å². The lowest BCUT2D eigenvalue weighted by Crippen LogP contribution is -2.59. The van der Waals surface area contributed by atoms with Crippen molar-refractivity contribution in [3.8, 4) is 5.75 Å². The molecule has 1 aliphatic rings. The largest absolute Gasteiger partial charge is 0.487 e. The van der Waals surface area contributed by atoms with Gasteiger partial charge in [-0.15, -0.1) is 0 Å². The Labute approximate surface area is 200 Å². The summed E-state index contributed by atoms with van der Waals surface area (Å²) in [6, 6.07) is 10.7. The van der Waals surface area contributed by atoms with Crippen LogP contribution in [0.15, 0.2) is 54.6 Å². The highest BCUT2D eigenvalue weighted by Crippen LogP contribution is 2.39. The van der Waals surface area contributed by atoms with Crippen molar-refractivity contribution in [1.29, 1.82) is 0 Å². The Morgan fingerprint density at radius 3 is 2.22 bits per heavy atom. The monoisotopic (exact) mass is 511 g/mol. The number of carboxylic acids is 1. The van der Waals surface area contributed by atoms with Gasteiger partial charge in [-0.1, -0.05) is 36.4 Å². The Bertz CT molecular complexity index is 1330. The zero-order valence-corrected chi connectivity index (χ0v) is 18.5. The summed E-state index contributed by atoms with van der Waals surface area (Å²) < 4.78 is 85.3. The molecule has 0 aliphatic heterocycles. The maximum absolute atomic E-state index is 13.6. The van der Waals surface area contributed by atoms with Crippen LogP contribution in [0.4, 0.5) is 26.3 Å². The van der Waals surface area contributed by atoms with E-state index in [2.05, 4.69) is 5.32 Å². The standard InChI is InChI=1S/C25H19F6NO4/c26-24(27,28)16-8-6-15(19(12-16)25(29,30)31)13-36-20-17-5-2-1-4-14(17)7-9-18(20)21(33)32-23(22(34)35)10-3-11-23/h1-2,4-9,12H,3,10-11,13H2,(H,32,33)(H,34,35). The van der Waals surface area contributed by atoms with E-state index in [1.165, 1.54) is 6.07 Å². The zero-order chi connectivity index (χ0) is 26.3. The fraction of sp³-hybridized carbons (Fsp3) is 0.280. The molecule has 1 saturated carbocycles. The third-order valence-electron chi connectivity index (χ3n) is 6.21. The van der Waals surface area contributed by atoms with Gasteiger partial charge in [0.05, 0.1) is 16.7 Å². The minimum Gasteiger partial charge on any atom is -0.487 e. The van der Waals surface area contributed by atoms with Gasteiger partial charge in [-0.05, 0) is 42.8 Å². The molecule has 36 heavy (non-hydrogen) atoms. The van der Waals surface area contributed by atoms with E-state index in [9.17, 15) is 41.0 Å². The Hall–Kier alpha value is -3.76. The third-order valence-corrected chi connectivity index (χ3v) is 6.21. The van der Waals surface area contributed by atoms with Crippen LogP contribution < -0.4 is 10.1 Å². The molecular weight excluding hydrogens is 492 g/mol. The lowest BCUT2D eigenvalue weighted by molar-refractivity contribution is -0.148. The van der Waals surface area contributed by atoms with Crippen LogP contribution in [0.25, 0.3) is 10.8 Å². The van der Waals surface area contributed by atoms with Crippen LogP contribution >= 0.6 is 0 Å². The average molecular weight is 511 g/mol. The SMILES string of the molecule is O=C(NC1(C(=O)O)CCC1)c1ccc2ccccc2c1OCc1ccc(C(F)(F)F)cc1C(F)(F)F. The maximum atomic E-state index is 13.6. The second-order valence-electron chi connectivity index (χ2n) is 8.51. The number of nitrogens with one attached hydrogen (secondary N) is 1. The first-order valence-corrected chi connectivity index (χ1v) is 10.8. The molecule has 1 aliphatic carbocycles. The molecule has 5 nitrogen and oxygen atoms in total. The molecule has 3 aromatic carbocycles. The topological polar surface area (TPSA) is 75.6 Å².